The molecule has 19 heavy (non-hydrogen) atoms. The highest BCUT2D eigenvalue weighted by Gasteiger charge is 2.25. The minimum absolute atomic E-state index is 0.149. The van der Waals surface area contributed by atoms with Gasteiger partial charge in [0, 0.05) is 18.7 Å². The summed E-state index contributed by atoms with van der Waals surface area (Å²) in [6, 6.07) is 1.54. The van der Waals surface area contributed by atoms with E-state index in [1.807, 2.05) is 0 Å². The molecule has 7 nitrogen and oxygen atoms in total. The van der Waals surface area contributed by atoms with Crippen LogP contribution in [0.5, 0.6) is 0 Å². The molecule has 0 fully saturated rings. The molecular weight excluding hydrogens is 259 g/mol. The Labute approximate surface area is 107 Å². The third kappa shape index (κ3) is 3.03. The van der Waals surface area contributed by atoms with Crippen LogP contribution in [-0.2, 0) is 4.79 Å². The number of carboxylic acids is 1. The van der Waals surface area contributed by atoms with Gasteiger partial charge in [0.25, 0.3) is 5.91 Å². The van der Waals surface area contributed by atoms with E-state index in [0.29, 0.717) is 0 Å². The summed E-state index contributed by atoms with van der Waals surface area (Å²) in [7, 11) is 1.25. The topological polar surface area (TPSA) is 101 Å². The second-order valence-electron chi connectivity index (χ2n) is 3.85. The molecule has 1 N–H and O–H groups in total. The molecule has 0 spiro atoms. The number of hydrogen-bond donors (Lipinski definition) is 1. The number of amides is 1. The van der Waals surface area contributed by atoms with Crippen LogP contribution in [0.4, 0.5) is 10.1 Å². The van der Waals surface area contributed by atoms with Crippen LogP contribution in [0.25, 0.3) is 0 Å². The van der Waals surface area contributed by atoms with Crippen molar-refractivity contribution in [3.05, 3.63) is 39.7 Å². The third-order valence-corrected chi connectivity index (χ3v) is 2.65. The zero-order valence-corrected chi connectivity index (χ0v) is 10.2. The first-order valence-corrected chi connectivity index (χ1v) is 5.19. The highest BCUT2D eigenvalue weighted by atomic mass is 19.1. The van der Waals surface area contributed by atoms with Crippen LogP contribution >= 0.6 is 0 Å². The van der Waals surface area contributed by atoms with Crippen LogP contribution < -0.4 is 0 Å². The molecule has 0 aliphatic heterocycles. The molecule has 102 valence electrons. The van der Waals surface area contributed by atoms with Gasteiger partial charge in [-0.25, -0.2) is 4.79 Å². The summed E-state index contributed by atoms with van der Waals surface area (Å²) in [5.74, 6) is -3.01. The molecular formula is C11H11FN2O5. The van der Waals surface area contributed by atoms with Gasteiger partial charge >= 0.3 is 11.7 Å². The van der Waals surface area contributed by atoms with E-state index in [9.17, 15) is 24.1 Å². The summed E-state index contributed by atoms with van der Waals surface area (Å²) in [6.07, 6.45) is 0. The number of nitro groups is 1. The van der Waals surface area contributed by atoms with Crippen LogP contribution in [-0.4, -0.2) is 39.9 Å². The first-order chi connectivity index (χ1) is 8.75. The van der Waals surface area contributed by atoms with Crippen molar-refractivity contribution in [1.29, 1.82) is 0 Å². The van der Waals surface area contributed by atoms with E-state index < -0.39 is 34.3 Å². The molecule has 1 rings (SSSR count). The van der Waals surface area contributed by atoms with E-state index >= 15 is 0 Å². The van der Waals surface area contributed by atoms with Gasteiger partial charge in [-0.3, -0.25) is 14.9 Å². The molecule has 0 aliphatic carbocycles. The van der Waals surface area contributed by atoms with Crippen molar-refractivity contribution in [3.63, 3.8) is 0 Å². The van der Waals surface area contributed by atoms with E-state index in [2.05, 4.69) is 0 Å². The molecule has 1 aromatic rings. The Balaban J connectivity index is 3.10. The van der Waals surface area contributed by atoms with E-state index in [1.165, 1.54) is 14.0 Å². The van der Waals surface area contributed by atoms with E-state index in [0.717, 1.165) is 23.1 Å². The maximum Gasteiger partial charge on any atom is 0.326 e. The van der Waals surface area contributed by atoms with Gasteiger partial charge in [0.2, 0.25) is 5.82 Å². The fraction of sp³-hybridized carbons (Fsp3) is 0.273. The molecule has 1 aromatic carbocycles. The van der Waals surface area contributed by atoms with Crippen molar-refractivity contribution >= 4 is 17.6 Å². The quantitative estimate of drug-likeness (QED) is 0.656. The maximum absolute atomic E-state index is 13.1. The van der Waals surface area contributed by atoms with Crippen molar-refractivity contribution < 1.29 is 24.0 Å². The lowest BCUT2D eigenvalue weighted by molar-refractivity contribution is -0.387. The number of carbonyl (C=O) groups excluding carboxylic acids is 1. The third-order valence-electron chi connectivity index (χ3n) is 2.65. The lowest BCUT2D eigenvalue weighted by atomic mass is 10.1. The van der Waals surface area contributed by atoms with E-state index in [1.54, 1.807) is 0 Å². The van der Waals surface area contributed by atoms with Gasteiger partial charge in [0.05, 0.1) is 4.92 Å². The monoisotopic (exact) mass is 270 g/mol. The SMILES string of the molecule is CC(C(=O)O)N(C)C(=O)c1ccc(F)c([N+](=O)[O-])c1. The molecule has 0 saturated heterocycles. The lowest BCUT2D eigenvalue weighted by Gasteiger charge is -2.21. The molecule has 1 unspecified atom stereocenters. The van der Waals surface area contributed by atoms with E-state index in [-0.39, 0.29) is 5.56 Å². The summed E-state index contributed by atoms with van der Waals surface area (Å²) in [4.78, 5) is 33.1. The normalized spacial score (nSPS) is 11.7. The zero-order valence-electron chi connectivity index (χ0n) is 10.2. The molecule has 0 bridgehead atoms. The second-order valence-corrected chi connectivity index (χ2v) is 3.85. The van der Waals surface area contributed by atoms with Gasteiger partial charge < -0.3 is 10.0 Å². The van der Waals surface area contributed by atoms with Gasteiger partial charge in [0.1, 0.15) is 6.04 Å². The highest BCUT2D eigenvalue weighted by molar-refractivity contribution is 5.96. The number of rotatable bonds is 4. The van der Waals surface area contributed by atoms with Crippen molar-refractivity contribution in [2.45, 2.75) is 13.0 Å². The van der Waals surface area contributed by atoms with Crippen molar-refractivity contribution in [1.82, 2.24) is 4.90 Å². The Morgan fingerprint density at radius 3 is 2.53 bits per heavy atom. The number of likely N-dealkylation sites (N-methyl/N-ethyl adjacent to an activating group) is 1. The van der Waals surface area contributed by atoms with Crippen molar-refractivity contribution in [2.75, 3.05) is 7.05 Å². The predicted octanol–water partition coefficient (Wildman–Crippen LogP) is 1.28. The first kappa shape index (κ1) is 14.6. The molecule has 8 heteroatoms. The molecule has 0 heterocycles. The second kappa shape index (κ2) is 5.42. The number of halogens is 1. The maximum atomic E-state index is 13.1. The average Bonchev–Trinajstić information content (AvgIpc) is 2.36. The van der Waals surface area contributed by atoms with Crippen LogP contribution in [0.15, 0.2) is 18.2 Å². The van der Waals surface area contributed by atoms with Gasteiger partial charge in [-0.15, -0.1) is 0 Å². The van der Waals surface area contributed by atoms with Crippen LogP contribution in [0.3, 0.4) is 0 Å². The van der Waals surface area contributed by atoms with Gasteiger partial charge in [-0.1, -0.05) is 0 Å². The molecule has 0 saturated carbocycles. The van der Waals surface area contributed by atoms with Crippen LogP contribution in [0.2, 0.25) is 0 Å². The fourth-order valence-corrected chi connectivity index (χ4v) is 1.33. The molecule has 0 aliphatic rings. The molecule has 0 radical (unpaired) electrons. The Hall–Kier alpha value is -2.51. The molecule has 1 atom stereocenters. The Morgan fingerprint density at radius 1 is 1.47 bits per heavy atom. The molecule has 1 amide bonds. The summed E-state index contributed by atoms with van der Waals surface area (Å²) in [5, 5.41) is 19.3. The Kier molecular flexibility index (Phi) is 4.15. The summed E-state index contributed by atoms with van der Waals surface area (Å²) >= 11 is 0. The summed E-state index contributed by atoms with van der Waals surface area (Å²) in [5.41, 5.74) is -0.981. The summed E-state index contributed by atoms with van der Waals surface area (Å²) < 4.78 is 13.1. The molecule has 0 aromatic heterocycles. The standard InChI is InChI=1S/C11H11FN2O5/c1-6(11(16)17)13(2)10(15)7-3-4-8(12)9(5-7)14(18)19/h3-6H,1-2H3,(H,16,17). The number of carbonyl (C=O) groups is 2. The number of nitrogens with zero attached hydrogens (tertiary/aromatic N) is 2. The fourth-order valence-electron chi connectivity index (χ4n) is 1.33. The van der Waals surface area contributed by atoms with Gasteiger partial charge in [-0.2, -0.15) is 4.39 Å². The summed E-state index contributed by atoms with van der Waals surface area (Å²) in [6.45, 7) is 1.29. The van der Waals surface area contributed by atoms with Crippen LogP contribution in [0, 0.1) is 15.9 Å². The lowest BCUT2D eigenvalue weighted by Crippen LogP contribution is -2.40. The number of carboxylic acid groups (broad SMARTS) is 1. The Morgan fingerprint density at radius 2 is 2.05 bits per heavy atom. The Bertz CT molecular complexity index is 546. The van der Waals surface area contributed by atoms with Crippen LogP contribution in [0.1, 0.15) is 17.3 Å². The largest absolute Gasteiger partial charge is 0.480 e. The van der Waals surface area contributed by atoms with Gasteiger partial charge in [0.15, 0.2) is 0 Å². The number of hydrogen-bond acceptors (Lipinski definition) is 4. The van der Waals surface area contributed by atoms with Crippen molar-refractivity contribution in [2.24, 2.45) is 0 Å². The van der Waals surface area contributed by atoms with E-state index in [4.69, 9.17) is 5.11 Å². The smallest absolute Gasteiger partial charge is 0.326 e. The minimum Gasteiger partial charge on any atom is -0.480 e. The average molecular weight is 270 g/mol. The van der Waals surface area contributed by atoms with Gasteiger partial charge in [-0.05, 0) is 19.1 Å². The highest BCUT2D eigenvalue weighted by Crippen LogP contribution is 2.19. The minimum atomic E-state index is -1.22. The predicted molar refractivity (Wildman–Crippen MR) is 62.2 cm³/mol. The first-order valence-electron chi connectivity index (χ1n) is 5.19. The number of nitro benzene ring substituents is 1. The zero-order chi connectivity index (χ0) is 14.7. The van der Waals surface area contributed by atoms with Crippen molar-refractivity contribution in [3.8, 4) is 0 Å². The number of aliphatic carboxylic acids is 1. The number of benzene rings is 1.